The maximum atomic E-state index is 3.25. The van der Waals surface area contributed by atoms with E-state index in [4.69, 9.17) is 0 Å². The second kappa shape index (κ2) is 14.5. The zero-order valence-electron chi connectivity index (χ0n) is 6.54. The van der Waals surface area contributed by atoms with Gasteiger partial charge in [0.05, 0.1) is 0 Å². The fourth-order valence-electron chi connectivity index (χ4n) is 0.452. The molecule has 1 aromatic heterocycles. The van der Waals surface area contributed by atoms with Gasteiger partial charge in [-0.25, -0.2) is 23.7 Å². The summed E-state index contributed by atoms with van der Waals surface area (Å²) in [5.41, 5.74) is 0. The van der Waals surface area contributed by atoms with E-state index in [9.17, 15) is 0 Å². The molecule has 7 heteroatoms. The molecule has 1 aromatic rings. The number of hydrogen-bond donors (Lipinski definition) is 1. The van der Waals surface area contributed by atoms with Crippen LogP contribution >= 0.6 is 0 Å². The van der Waals surface area contributed by atoms with E-state index in [1.807, 2.05) is 12.2 Å². The van der Waals surface area contributed by atoms with Crippen molar-refractivity contribution in [3.8, 4) is 0 Å². The number of allylic oxidation sites excluding steroid dienone is 4. The molecular weight excluding hydrogens is 290 g/mol. The van der Waals surface area contributed by atoms with Gasteiger partial charge in [0, 0.05) is 0 Å². The predicted molar refractivity (Wildman–Crippen MR) is 34.6 cm³/mol. The summed E-state index contributed by atoms with van der Waals surface area (Å²) in [6.07, 6.45) is 12.2. The molecule has 4 nitrogen and oxygen atoms in total. The normalized spacial score (nSPS) is 9.85. The average Bonchev–Trinajstić information content (AvgIpc) is 2.67. The summed E-state index contributed by atoms with van der Waals surface area (Å²) in [5, 5.41) is 11.8. The summed E-state index contributed by atoms with van der Waals surface area (Å²) in [6.45, 7) is 0. The Hall–Kier alpha value is 0.0131. The average molecular weight is 296 g/mol. The molecule has 1 heterocycles. The molecule has 0 saturated heterocycles. The number of tetrazole rings is 1. The van der Waals surface area contributed by atoms with Crippen LogP contribution in [0.3, 0.4) is 0 Å². The van der Waals surface area contributed by atoms with E-state index in [1.54, 1.807) is 0 Å². The molecular formula is C6H6Cl2N4Zr. The Morgan fingerprint density at radius 2 is 2.08 bits per heavy atom. The minimum absolute atomic E-state index is 0. The maximum absolute atomic E-state index is 3.25. The number of H-pyrrole nitrogens is 1. The summed E-state index contributed by atoms with van der Waals surface area (Å²) in [5.74, 6) is 0. The molecule has 0 aliphatic heterocycles. The Bertz CT molecular complexity index is 185. The van der Waals surface area contributed by atoms with Crippen LogP contribution in [0.5, 0.6) is 0 Å². The van der Waals surface area contributed by atoms with Crippen molar-refractivity contribution in [1.82, 2.24) is 20.6 Å². The summed E-state index contributed by atoms with van der Waals surface area (Å²) < 4.78 is 0. The van der Waals surface area contributed by atoms with Gasteiger partial charge in [-0.05, 0) is 0 Å². The number of hydrogen-bond acceptors (Lipinski definition) is 3. The Morgan fingerprint density at radius 3 is 2.23 bits per heavy atom. The first-order chi connectivity index (χ1) is 5.00. The fraction of sp³-hybridized carbons (Fsp3) is 0.167. The molecule has 0 spiro atoms. The van der Waals surface area contributed by atoms with Crippen molar-refractivity contribution < 1.29 is 51.0 Å². The quantitative estimate of drug-likeness (QED) is 0.486. The zero-order valence-corrected chi connectivity index (χ0v) is 10.5. The van der Waals surface area contributed by atoms with E-state index in [-0.39, 0.29) is 51.0 Å². The number of halogens is 2. The van der Waals surface area contributed by atoms with Gasteiger partial charge in [0.25, 0.3) is 0 Å². The van der Waals surface area contributed by atoms with Crippen molar-refractivity contribution in [3.63, 3.8) is 0 Å². The van der Waals surface area contributed by atoms with Gasteiger partial charge in [-0.15, -0.1) is 6.42 Å². The molecule has 0 fully saturated rings. The monoisotopic (exact) mass is 294 g/mol. The third-order valence-electron chi connectivity index (χ3n) is 0.825. The Kier molecular flexibility index (Phi) is 20.9. The molecule has 0 radical (unpaired) electrons. The van der Waals surface area contributed by atoms with E-state index >= 15 is 0 Å². The van der Waals surface area contributed by atoms with Crippen molar-refractivity contribution in [2.75, 3.05) is 0 Å². The van der Waals surface area contributed by atoms with Gasteiger partial charge in [-0.1, -0.05) is 5.21 Å². The summed E-state index contributed by atoms with van der Waals surface area (Å²) in [4.78, 5) is 0. The van der Waals surface area contributed by atoms with Gasteiger partial charge in [-0.2, -0.15) is 6.08 Å². The van der Waals surface area contributed by atoms with E-state index < -0.39 is 0 Å². The minimum Gasteiger partial charge on any atom is -1.00 e. The molecule has 1 N–H and O–H groups in total. The smallest absolute Gasteiger partial charge is 1.00 e. The molecule has 0 amide bonds. The standard InChI is InChI=1S/C5H5.CHN4.2ClH.Zr/c2*1-2-4-5-3-1;;;/h1-3H,4H2;(H,2,3,4,5);2*1H;/q2*-1;;;+4/p-2. The van der Waals surface area contributed by atoms with Gasteiger partial charge >= 0.3 is 26.2 Å². The first-order valence-electron chi connectivity index (χ1n) is 2.81. The van der Waals surface area contributed by atoms with Crippen LogP contribution in [0.2, 0.25) is 0 Å². The summed E-state index contributed by atoms with van der Waals surface area (Å²) in [7, 11) is 0. The third kappa shape index (κ3) is 12.0. The third-order valence-corrected chi connectivity index (χ3v) is 0.825. The van der Waals surface area contributed by atoms with Gasteiger partial charge in [0.2, 0.25) is 0 Å². The van der Waals surface area contributed by atoms with E-state index in [0.717, 1.165) is 6.42 Å². The van der Waals surface area contributed by atoms with Gasteiger partial charge in [0.1, 0.15) is 0 Å². The van der Waals surface area contributed by atoms with Crippen molar-refractivity contribution >= 4 is 0 Å². The SMILES string of the molecule is [C-]1=CC=CC1.[Cl-].[Cl-].[Zr+4].[c-]1nn[nH]n1. The molecule has 1 aliphatic rings. The van der Waals surface area contributed by atoms with Crippen LogP contribution < -0.4 is 24.8 Å². The van der Waals surface area contributed by atoms with E-state index in [1.165, 1.54) is 0 Å². The molecule has 0 atom stereocenters. The molecule has 0 saturated carbocycles. The van der Waals surface area contributed by atoms with Crippen LogP contribution in [0.4, 0.5) is 0 Å². The first kappa shape index (κ1) is 18.7. The molecule has 0 aromatic carbocycles. The van der Waals surface area contributed by atoms with Crippen LogP contribution in [0.25, 0.3) is 0 Å². The molecule has 0 bridgehead atoms. The van der Waals surface area contributed by atoms with Gasteiger partial charge in [0.15, 0.2) is 0 Å². The van der Waals surface area contributed by atoms with E-state index in [0.29, 0.717) is 0 Å². The largest absolute Gasteiger partial charge is 4.00 e. The molecule has 13 heavy (non-hydrogen) atoms. The molecule has 0 unspecified atom stereocenters. The Labute approximate surface area is 108 Å². The zero-order chi connectivity index (χ0) is 7.07. The number of rotatable bonds is 0. The summed E-state index contributed by atoms with van der Waals surface area (Å²) >= 11 is 0. The number of aromatic nitrogens is 4. The van der Waals surface area contributed by atoms with Crippen molar-refractivity contribution in [2.24, 2.45) is 0 Å². The van der Waals surface area contributed by atoms with Gasteiger partial charge < -0.3 is 35.0 Å². The second-order valence-corrected chi connectivity index (χ2v) is 1.51. The van der Waals surface area contributed by atoms with Crippen LogP contribution in [0.15, 0.2) is 18.2 Å². The van der Waals surface area contributed by atoms with Crippen molar-refractivity contribution in [2.45, 2.75) is 6.42 Å². The molecule has 68 valence electrons. The number of nitrogens with zero attached hydrogens (tertiary/aromatic N) is 3. The van der Waals surface area contributed by atoms with Crippen LogP contribution in [-0.4, -0.2) is 20.6 Å². The molecule has 2 rings (SSSR count). The topological polar surface area (TPSA) is 54.5 Å². The second-order valence-electron chi connectivity index (χ2n) is 1.51. The maximum Gasteiger partial charge on any atom is 4.00 e. The van der Waals surface area contributed by atoms with Crippen molar-refractivity contribution in [1.29, 1.82) is 0 Å². The number of aromatic amines is 1. The van der Waals surface area contributed by atoms with Crippen LogP contribution in [-0.2, 0) is 26.2 Å². The van der Waals surface area contributed by atoms with E-state index in [2.05, 4.69) is 39.1 Å². The summed E-state index contributed by atoms with van der Waals surface area (Å²) in [6, 6.07) is 0. The fourth-order valence-corrected chi connectivity index (χ4v) is 0.452. The van der Waals surface area contributed by atoms with Crippen LogP contribution in [0, 0.1) is 12.4 Å². The Balaban J connectivity index is -0.000000125. The first-order valence-corrected chi connectivity index (χ1v) is 2.81. The van der Waals surface area contributed by atoms with Gasteiger partial charge in [-0.3, -0.25) is 6.08 Å². The Morgan fingerprint density at radius 1 is 1.31 bits per heavy atom. The predicted octanol–water partition coefficient (Wildman–Crippen LogP) is -5.69. The van der Waals surface area contributed by atoms with Crippen LogP contribution in [0.1, 0.15) is 6.42 Å². The van der Waals surface area contributed by atoms with Crippen molar-refractivity contribution in [3.05, 3.63) is 30.6 Å². The minimum atomic E-state index is 0. The number of nitrogens with one attached hydrogen (secondary N) is 1. The molecule has 1 aliphatic carbocycles.